The van der Waals surface area contributed by atoms with Crippen LogP contribution in [0.25, 0.3) is 10.9 Å². The van der Waals surface area contributed by atoms with Crippen LogP contribution in [0, 0.1) is 23.1 Å². The molecule has 5 rings (SSSR count). The van der Waals surface area contributed by atoms with Gasteiger partial charge in [0.1, 0.15) is 17.6 Å². The fourth-order valence-electron chi connectivity index (χ4n) is 4.01. The maximum atomic E-state index is 13.7. The van der Waals surface area contributed by atoms with E-state index in [-0.39, 0.29) is 11.9 Å². The number of nitrogens with one attached hydrogen (secondary N) is 2. The van der Waals surface area contributed by atoms with Crippen molar-refractivity contribution in [2.24, 2.45) is 5.92 Å². The van der Waals surface area contributed by atoms with Crippen LogP contribution in [-0.2, 0) is 0 Å². The zero-order chi connectivity index (χ0) is 24.5. The molecule has 2 heterocycles. The molecule has 4 aromatic rings. The van der Waals surface area contributed by atoms with E-state index in [0.717, 1.165) is 35.2 Å². The van der Waals surface area contributed by atoms with Gasteiger partial charge in [0, 0.05) is 23.8 Å². The van der Waals surface area contributed by atoms with Gasteiger partial charge in [0.2, 0.25) is 0 Å². The van der Waals surface area contributed by atoms with Gasteiger partial charge in [-0.3, -0.25) is 4.98 Å². The van der Waals surface area contributed by atoms with E-state index in [4.69, 9.17) is 11.6 Å². The molecule has 2 aromatic carbocycles. The van der Waals surface area contributed by atoms with E-state index < -0.39 is 0 Å². The van der Waals surface area contributed by atoms with Crippen molar-refractivity contribution >= 4 is 33.9 Å². The third-order valence-corrected chi connectivity index (χ3v) is 6.28. The molecule has 2 aromatic heterocycles. The number of rotatable bonds is 8. The SMILES string of the molecule is CC(C)CNc1c(C#N)cnc2c(Cl)cc(N[C@@H](c3ccc(F)cc3)c3cn(C4CC4)nn3)cc12. The summed E-state index contributed by atoms with van der Waals surface area (Å²) in [6, 6.07) is 12.3. The Balaban J connectivity index is 1.57. The lowest BCUT2D eigenvalue weighted by molar-refractivity contribution is 0.610. The summed E-state index contributed by atoms with van der Waals surface area (Å²) >= 11 is 6.65. The smallest absolute Gasteiger partial charge is 0.123 e. The highest BCUT2D eigenvalue weighted by Gasteiger charge is 2.27. The summed E-state index contributed by atoms with van der Waals surface area (Å²) in [6.07, 6.45) is 5.67. The van der Waals surface area contributed by atoms with Crippen molar-refractivity contribution in [2.75, 3.05) is 17.2 Å². The van der Waals surface area contributed by atoms with E-state index in [1.807, 2.05) is 16.9 Å². The third kappa shape index (κ3) is 4.91. The molecular weight excluding hydrogens is 465 g/mol. The van der Waals surface area contributed by atoms with Crippen LogP contribution >= 0.6 is 11.6 Å². The Morgan fingerprint density at radius 1 is 1.23 bits per heavy atom. The van der Waals surface area contributed by atoms with Crippen molar-refractivity contribution < 1.29 is 4.39 Å². The normalized spacial score (nSPS) is 14.2. The Morgan fingerprint density at radius 2 is 2.00 bits per heavy atom. The van der Waals surface area contributed by atoms with Gasteiger partial charge >= 0.3 is 0 Å². The number of nitriles is 1. The fraction of sp³-hybridized carbons (Fsp3) is 0.308. The van der Waals surface area contributed by atoms with Crippen LogP contribution in [-0.4, -0.2) is 26.5 Å². The monoisotopic (exact) mass is 489 g/mol. The molecule has 0 aliphatic heterocycles. The van der Waals surface area contributed by atoms with Gasteiger partial charge < -0.3 is 10.6 Å². The minimum atomic E-state index is -0.379. The number of hydrogen-bond donors (Lipinski definition) is 2. The summed E-state index contributed by atoms with van der Waals surface area (Å²) < 4.78 is 15.5. The van der Waals surface area contributed by atoms with E-state index in [0.29, 0.717) is 40.3 Å². The van der Waals surface area contributed by atoms with Crippen LogP contribution in [0.3, 0.4) is 0 Å². The lowest BCUT2D eigenvalue weighted by atomic mass is 10.0. The minimum absolute atomic E-state index is 0.307. The summed E-state index contributed by atoms with van der Waals surface area (Å²) in [5.74, 6) is 0.0809. The quantitative estimate of drug-likeness (QED) is 0.311. The van der Waals surface area contributed by atoms with Crippen LogP contribution in [0.2, 0.25) is 5.02 Å². The number of aromatic nitrogens is 4. The van der Waals surface area contributed by atoms with E-state index in [1.165, 1.54) is 12.1 Å². The first kappa shape index (κ1) is 23.1. The van der Waals surface area contributed by atoms with Gasteiger partial charge in [-0.25, -0.2) is 9.07 Å². The maximum absolute atomic E-state index is 13.7. The van der Waals surface area contributed by atoms with Crippen LogP contribution in [0.5, 0.6) is 0 Å². The highest BCUT2D eigenvalue weighted by Crippen LogP contribution is 2.37. The predicted octanol–water partition coefficient (Wildman–Crippen LogP) is 6.09. The van der Waals surface area contributed by atoms with Crippen LogP contribution in [0.1, 0.15) is 55.6 Å². The Morgan fingerprint density at radius 3 is 2.69 bits per heavy atom. The molecule has 0 spiro atoms. The van der Waals surface area contributed by atoms with Crippen molar-refractivity contribution in [2.45, 2.75) is 38.8 Å². The molecule has 2 N–H and O–H groups in total. The second-order valence-corrected chi connectivity index (χ2v) is 9.68. The first-order chi connectivity index (χ1) is 16.9. The van der Waals surface area contributed by atoms with E-state index in [1.54, 1.807) is 24.4 Å². The zero-order valence-corrected chi connectivity index (χ0v) is 20.2. The molecule has 178 valence electrons. The molecule has 35 heavy (non-hydrogen) atoms. The van der Waals surface area contributed by atoms with Crippen LogP contribution in [0.15, 0.2) is 48.8 Å². The molecule has 0 amide bonds. The molecule has 0 bridgehead atoms. The number of pyridine rings is 1. The molecular formula is C26H25ClFN7. The molecule has 1 aliphatic rings. The molecule has 1 saturated carbocycles. The summed E-state index contributed by atoms with van der Waals surface area (Å²) in [6.45, 7) is 4.90. The van der Waals surface area contributed by atoms with E-state index in [2.05, 4.69) is 45.8 Å². The first-order valence-corrected chi connectivity index (χ1v) is 12.0. The number of nitrogens with zero attached hydrogens (tertiary/aromatic N) is 5. The van der Waals surface area contributed by atoms with Crippen molar-refractivity contribution in [3.05, 3.63) is 76.5 Å². The van der Waals surface area contributed by atoms with Crippen molar-refractivity contribution in [3.63, 3.8) is 0 Å². The molecule has 0 unspecified atom stereocenters. The maximum Gasteiger partial charge on any atom is 0.123 e. The van der Waals surface area contributed by atoms with E-state index in [9.17, 15) is 9.65 Å². The third-order valence-electron chi connectivity index (χ3n) is 5.99. The second kappa shape index (κ2) is 9.51. The summed E-state index contributed by atoms with van der Waals surface area (Å²) in [4.78, 5) is 4.43. The number of anilines is 2. The van der Waals surface area contributed by atoms with Crippen LogP contribution < -0.4 is 10.6 Å². The highest BCUT2D eigenvalue weighted by atomic mass is 35.5. The Hall–Kier alpha value is -3.70. The van der Waals surface area contributed by atoms with Crippen molar-refractivity contribution in [1.82, 2.24) is 20.0 Å². The summed E-state index contributed by atoms with van der Waals surface area (Å²) in [5, 5.41) is 26.5. The molecule has 9 heteroatoms. The summed E-state index contributed by atoms with van der Waals surface area (Å²) in [7, 11) is 0. The first-order valence-electron chi connectivity index (χ1n) is 11.6. The van der Waals surface area contributed by atoms with Crippen molar-refractivity contribution in [3.8, 4) is 6.07 Å². The summed E-state index contributed by atoms with van der Waals surface area (Å²) in [5.41, 5.74) is 4.06. The van der Waals surface area contributed by atoms with Gasteiger partial charge in [-0.2, -0.15) is 5.26 Å². The number of benzene rings is 2. The molecule has 7 nitrogen and oxygen atoms in total. The highest BCUT2D eigenvalue weighted by molar-refractivity contribution is 6.35. The van der Waals surface area contributed by atoms with Gasteiger partial charge in [0.05, 0.1) is 40.1 Å². The average molecular weight is 490 g/mol. The predicted molar refractivity (Wildman–Crippen MR) is 135 cm³/mol. The Kier molecular flexibility index (Phi) is 6.27. The largest absolute Gasteiger partial charge is 0.383 e. The molecule has 1 fully saturated rings. The Labute approximate surface area is 207 Å². The fourth-order valence-corrected chi connectivity index (χ4v) is 4.28. The molecule has 1 atom stereocenters. The van der Waals surface area contributed by atoms with E-state index >= 15 is 0 Å². The number of halogens is 2. The Bertz CT molecular complexity index is 1400. The molecule has 0 saturated heterocycles. The standard InChI is InChI=1S/C26H25ClFN7/c1-15(2)12-30-24-17(11-29)13-31-26-21(24)9-19(10-22(26)27)32-25(16-3-5-18(28)6-4-16)23-14-35(34-33-23)20-7-8-20/h3-6,9-10,13-15,20,25,32H,7-8,12H2,1-2H3,(H,30,31)/t25-/m0/s1. The van der Waals surface area contributed by atoms with Gasteiger partial charge in [0.25, 0.3) is 0 Å². The number of hydrogen-bond acceptors (Lipinski definition) is 6. The van der Waals surface area contributed by atoms with Gasteiger partial charge in [-0.05, 0) is 48.6 Å². The topological polar surface area (TPSA) is 91.5 Å². The molecule has 1 aliphatic carbocycles. The van der Waals surface area contributed by atoms with Gasteiger partial charge in [0.15, 0.2) is 0 Å². The van der Waals surface area contributed by atoms with Crippen molar-refractivity contribution in [1.29, 1.82) is 5.26 Å². The van der Waals surface area contributed by atoms with Gasteiger partial charge in [-0.1, -0.05) is 42.8 Å². The second-order valence-electron chi connectivity index (χ2n) is 9.27. The minimum Gasteiger partial charge on any atom is -0.383 e. The van der Waals surface area contributed by atoms with Gasteiger partial charge in [-0.15, -0.1) is 5.10 Å². The van der Waals surface area contributed by atoms with Crippen LogP contribution in [0.4, 0.5) is 15.8 Å². The average Bonchev–Trinajstić information content (AvgIpc) is 3.58. The zero-order valence-electron chi connectivity index (χ0n) is 19.5. The lowest BCUT2D eigenvalue weighted by Crippen LogP contribution is -2.14. The number of fused-ring (bicyclic) bond motifs is 1. The molecule has 0 radical (unpaired) electrons. The lowest BCUT2D eigenvalue weighted by Gasteiger charge is -2.20.